The van der Waals surface area contributed by atoms with Crippen LogP contribution in [-0.2, 0) is 19.3 Å². The Balaban J connectivity index is -0.000000320. The molecular weight excluding hydrogens is 169 g/mol. The molecule has 0 aromatic heterocycles. The first-order chi connectivity index (χ1) is 3.95. The molecule has 0 bridgehead atoms. The first kappa shape index (κ1) is 12.8. The van der Waals surface area contributed by atoms with Crippen LogP contribution in [0.25, 0.3) is 0 Å². The third kappa shape index (κ3) is 8.12. The summed E-state index contributed by atoms with van der Waals surface area (Å²) < 4.78 is 23.4. The van der Waals surface area contributed by atoms with E-state index in [1.165, 1.54) is 0 Å². The fourth-order valence-corrected chi connectivity index (χ4v) is 0.446. The number of hydrogen-bond donors (Lipinski definition) is 1. The maximum absolute atomic E-state index is 10.0. The average Bonchev–Trinajstić information content (AvgIpc) is 1.62. The molecule has 0 rings (SSSR count). The van der Waals surface area contributed by atoms with Crippen molar-refractivity contribution in [3.05, 3.63) is 12.7 Å². The first-order valence-corrected chi connectivity index (χ1v) is 3.31. The van der Waals surface area contributed by atoms with Crippen LogP contribution >= 0.6 is 0 Å². The summed E-state index contributed by atoms with van der Waals surface area (Å²) in [6.07, 6.45) is 0.699. The van der Waals surface area contributed by atoms with Gasteiger partial charge in [0, 0.05) is 6.08 Å². The van der Waals surface area contributed by atoms with Gasteiger partial charge in [0.25, 0.3) is 0 Å². The zero-order chi connectivity index (χ0) is 7.49. The summed E-state index contributed by atoms with van der Waals surface area (Å²) in [5.41, 5.74) is 0. The standard InChI is InChI=1S/C3H5NO4S.Na.H/c1-2-3(5)8-9(4,6)7;;/h2H,1H2,(H2,4,6,7);;/q;+1;-1. The molecule has 7 heteroatoms. The Bertz CT molecular complexity index is 225. The van der Waals surface area contributed by atoms with Gasteiger partial charge in [-0.3, -0.25) is 0 Å². The summed E-state index contributed by atoms with van der Waals surface area (Å²) in [4.78, 5) is 10.0. The summed E-state index contributed by atoms with van der Waals surface area (Å²) >= 11 is 0. The van der Waals surface area contributed by atoms with Gasteiger partial charge in [-0.05, 0) is 0 Å². The zero-order valence-electron chi connectivity index (χ0n) is 6.40. The molecule has 0 heterocycles. The van der Waals surface area contributed by atoms with E-state index in [0.29, 0.717) is 6.08 Å². The second-order valence-corrected chi connectivity index (χ2v) is 2.25. The maximum atomic E-state index is 10.0. The second-order valence-electron chi connectivity index (χ2n) is 1.10. The molecule has 0 saturated carbocycles. The Morgan fingerprint density at radius 2 is 2.10 bits per heavy atom. The van der Waals surface area contributed by atoms with Crippen molar-refractivity contribution in [2.75, 3.05) is 0 Å². The Hall–Kier alpha value is 0.120. The van der Waals surface area contributed by atoms with Crippen LogP contribution in [0.1, 0.15) is 1.43 Å². The van der Waals surface area contributed by atoms with Crippen molar-refractivity contribution < 1.29 is 48.4 Å². The minimum absolute atomic E-state index is 0. The van der Waals surface area contributed by atoms with Crippen LogP contribution in [0.5, 0.6) is 0 Å². The van der Waals surface area contributed by atoms with E-state index in [1.54, 1.807) is 0 Å². The van der Waals surface area contributed by atoms with Crippen molar-refractivity contribution in [1.82, 2.24) is 0 Å². The van der Waals surface area contributed by atoms with Gasteiger partial charge in [0.15, 0.2) is 0 Å². The van der Waals surface area contributed by atoms with E-state index in [9.17, 15) is 13.2 Å². The molecular formula is C3H6NNaO4S. The topological polar surface area (TPSA) is 86.5 Å². The van der Waals surface area contributed by atoms with Gasteiger partial charge in [0.05, 0.1) is 0 Å². The van der Waals surface area contributed by atoms with E-state index in [0.717, 1.165) is 0 Å². The third-order valence-electron chi connectivity index (χ3n) is 0.365. The van der Waals surface area contributed by atoms with E-state index in [2.05, 4.69) is 15.9 Å². The molecule has 5 nitrogen and oxygen atoms in total. The number of carbonyl (C=O) groups is 1. The van der Waals surface area contributed by atoms with Crippen molar-refractivity contribution >= 4 is 16.3 Å². The van der Waals surface area contributed by atoms with Crippen LogP contribution in [0.15, 0.2) is 12.7 Å². The summed E-state index contributed by atoms with van der Waals surface area (Å²) in [5, 5.41) is 4.29. The summed E-state index contributed by atoms with van der Waals surface area (Å²) in [6.45, 7) is 2.95. The quantitative estimate of drug-likeness (QED) is 0.342. The van der Waals surface area contributed by atoms with E-state index in [-0.39, 0.29) is 31.0 Å². The predicted octanol–water partition coefficient (Wildman–Crippen LogP) is -3.96. The number of hydrogen-bond acceptors (Lipinski definition) is 4. The molecule has 54 valence electrons. The largest absolute Gasteiger partial charge is 1.00 e. The van der Waals surface area contributed by atoms with Crippen LogP contribution in [0, 0.1) is 0 Å². The number of rotatable bonds is 2. The van der Waals surface area contributed by atoms with Crippen LogP contribution in [-0.4, -0.2) is 14.4 Å². The number of nitrogens with two attached hydrogens (primary N) is 1. The van der Waals surface area contributed by atoms with Gasteiger partial charge in [-0.1, -0.05) is 6.58 Å². The van der Waals surface area contributed by atoms with Crippen molar-refractivity contribution in [2.24, 2.45) is 5.14 Å². The minimum Gasteiger partial charge on any atom is -1.00 e. The van der Waals surface area contributed by atoms with Crippen LogP contribution < -0.4 is 34.7 Å². The molecule has 0 amide bonds. The normalized spacial score (nSPS) is 9.30. The van der Waals surface area contributed by atoms with Crippen molar-refractivity contribution in [3.8, 4) is 0 Å². The molecule has 0 fully saturated rings. The van der Waals surface area contributed by atoms with Gasteiger partial charge >= 0.3 is 45.8 Å². The predicted molar refractivity (Wildman–Crippen MR) is 30.5 cm³/mol. The molecule has 0 radical (unpaired) electrons. The molecule has 0 aliphatic heterocycles. The SMILES string of the molecule is C=CC(=O)OS(N)(=O)=O.[H-].[Na+]. The maximum Gasteiger partial charge on any atom is 1.00 e. The molecule has 0 aliphatic rings. The summed E-state index contributed by atoms with van der Waals surface area (Å²) in [5.74, 6) is -1.09. The van der Waals surface area contributed by atoms with Gasteiger partial charge < -0.3 is 5.61 Å². The first-order valence-electron chi connectivity index (χ1n) is 1.84. The Kier molecular flexibility index (Phi) is 6.21. The van der Waals surface area contributed by atoms with Crippen LogP contribution in [0.3, 0.4) is 0 Å². The number of carbonyl (C=O) groups excluding carboxylic acids is 1. The molecule has 0 spiro atoms. The minimum atomic E-state index is -4.16. The fraction of sp³-hybridized carbons (Fsp3) is 0. The molecule has 0 atom stereocenters. The molecule has 10 heavy (non-hydrogen) atoms. The van der Waals surface area contributed by atoms with Crippen LogP contribution in [0.4, 0.5) is 0 Å². The van der Waals surface area contributed by atoms with Gasteiger partial charge in [0.2, 0.25) is 0 Å². The fourth-order valence-electron chi connectivity index (χ4n) is 0.149. The Morgan fingerprint density at radius 3 is 2.20 bits per heavy atom. The molecule has 0 unspecified atom stereocenters. The van der Waals surface area contributed by atoms with Crippen molar-refractivity contribution in [2.45, 2.75) is 0 Å². The van der Waals surface area contributed by atoms with E-state index < -0.39 is 16.3 Å². The van der Waals surface area contributed by atoms with E-state index in [4.69, 9.17) is 0 Å². The van der Waals surface area contributed by atoms with Crippen LogP contribution in [0.2, 0.25) is 0 Å². The Morgan fingerprint density at radius 1 is 1.70 bits per heavy atom. The van der Waals surface area contributed by atoms with Crippen molar-refractivity contribution in [3.63, 3.8) is 0 Å². The van der Waals surface area contributed by atoms with E-state index >= 15 is 0 Å². The smallest absolute Gasteiger partial charge is 1.00 e. The Labute approximate surface area is 82.3 Å². The van der Waals surface area contributed by atoms with Gasteiger partial charge in [-0.2, -0.15) is 13.6 Å². The summed E-state index contributed by atoms with van der Waals surface area (Å²) in [7, 11) is -4.16. The van der Waals surface area contributed by atoms with E-state index in [1.807, 2.05) is 0 Å². The van der Waals surface area contributed by atoms with Gasteiger partial charge in [-0.25, -0.2) is 4.79 Å². The molecule has 0 aromatic rings. The monoisotopic (exact) mass is 175 g/mol. The van der Waals surface area contributed by atoms with Crippen molar-refractivity contribution in [1.29, 1.82) is 0 Å². The van der Waals surface area contributed by atoms with Gasteiger partial charge in [-0.15, -0.1) is 0 Å². The molecule has 0 saturated heterocycles. The average molecular weight is 175 g/mol. The third-order valence-corrected chi connectivity index (χ3v) is 0.762. The zero-order valence-corrected chi connectivity index (χ0v) is 8.22. The second kappa shape index (κ2) is 4.86. The molecule has 0 aliphatic carbocycles. The molecule has 0 aromatic carbocycles. The van der Waals surface area contributed by atoms with Gasteiger partial charge in [0.1, 0.15) is 0 Å². The summed E-state index contributed by atoms with van der Waals surface area (Å²) in [6, 6.07) is 0. The molecule has 2 N–H and O–H groups in total.